The number of urea groups is 1. The molecule has 6 nitrogen and oxygen atoms in total. The first-order valence-electron chi connectivity index (χ1n) is 8.02. The first kappa shape index (κ1) is 18.3. The first-order chi connectivity index (χ1) is 13.0. The lowest BCUT2D eigenvalue weighted by Gasteiger charge is -2.13. The third-order valence-corrected chi connectivity index (χ3v) is 3.92. The Morgan fingerprint density at radius 3 is 2.11 bits per heavy atom. The van der Waals surface area contributed by atoms with E-state index in [1.165, 1.54) is 0 Å². The van der Waals surface area contributed by atoms with Crippen LogP contribution in [-0.2, 0) is 0 Å². The monoisotopic (exact) mass is 381 g/mol. The second-order valence-corrected chi connectivity index (χ2v) is 5.96. The minimum Gasteiger partial charge on any atom is -0.454 e. The van der Waals surface area contributed by atoms with Gasteiger partial charge in [0, 0.05) is 11.3 Å². The molecule has 3 rings (SSSR count). The molecule has 0 saturated carbocycles. The number of hydrogen-bond donors (Lipinski definition) is 3. The molecule has 0 unspecified atom stereocenters. The molecule has 0 aromatic heterocycles. The van der Waals surface area contributed by atoms with Gasteiger partial charge in [-0.25, -0.2) is 4.79 Å². The quantitative estimate of drug-likeness (QED) is 0.588. The first-order valence-corrected chi connectivity index (χ1v) is 8.40. The van der Waals surface area contributed by atoms with Crippen molar-refractivity contribution in [2.45, 2.75) is 0 Å². The number of carbonyl (C=O) groups excluding carboxylic acids is 2. The molecule has 27 heavy (non-hydrogen) atoms. The van der Waals surface area contributed by atoms with E-state index in [1.807, 2.05) is 6.07 Å². The Balaban J connectivity index is 1.76. The lowest BCUT2D eigenvalue weighted by atomic mass is 10.2. The average Bonchev–Trinajstić information content (AvgIpc) is 2.65. The summed E-state index contributed by atoms with van der Waals surface area (Å²) in [7, 11) is 0. The van der Waals surface area contributed by atoms with Crippen molar-refractivity contribution in [2.75, 3.05) is 10.6 Å². The van der Waals surface area contributed by atoms with Crippen LogP contribution in [0.15, 0.2) is 72.8 Å². The number of para-hydroxylation sites is 3. The van der Waals surface area contributed by atoms with Crippen molar-refractivity contribution in [2.24, 2.45) is 5.73 Å². The van der Waals surface area contributed by atoms with Gasteiger partial charge in [0.25, 0.3) is 5.91 Å². The maximum atomic E-state index is 12.5. The van der Waals surface area contributed by atoms with Gasteiger partial charge >= 0.3 is 6.03 Å². The lowest BCUT2D eigenvalue weighted by Crippen LogP contribution is -2.19. The normalized spacial score (nSPS) is 10.1. The van der Waals surface area contributed by atoms with Gasteiger partial charge in [-0.15, -0.1) is 0 Å². The van der Waals surface area contributed by atoms with Crippen molar-refractivity contribution in [1.82, 2.24) is 0 Å². The summed E-state index contributed by atoms with van der Waals surface area (Å²) in [6.45, 7) is 0. The van der Waals surface area contributed by atoms with Crippen LogP contribution in [0.3, 0.4) is 0 Å². The number of rotatable bonds is 5. The Morgan fingerprint density at radius 2 is 1.44 bits per heavy atom. The summed E-state index contributed by atoms with van der Waals surface area (Å²) in [6.07, 6.45) is 0. The van der Waals surface area contributed by atoms with Gasteiger partial charge in [-0.2, -0.15) is 0 Å². The van der Waals surface area contributed by atoms with E-state index < -0.39 is 6.03 Å². The van der Waals surface area contributed by atoms with E-state index in [-0.39, 0.29) is 5.91 Å². The fourth-order valence-electron chi connectivity index (χ4n) is 2.35. The Morgan fingerprint density at radius 1 is 0.815 bits per heavy atom. The summed E-state index contributed by atoms with van der Waals surface area (Å²) in [4.78, 5) is 23.4. The van der Waals surface area contributed by atoms with Gasteiger partial charge in [-0.3, -0.25) is 4.79 Å². The Hall–Kier alpha value is -3.51. The second kappa shape index (κ2) is 8.25. The molecule has 3 aromatic carbocycles. The van der Waals surface area contributed by atoms with Gasteiger partial charge in [0.15, 0.2) is 5.75 Å². The number of nitrogens with one attached hydrogen (secondary N) is 2. The number of hydrogen-bond acceptors (Lipinski definition) is 3. The second-order valence-electron chi connectivity index (χ2n) is 5.55. The summed E-state index contributed by atoms with van der Waals surface area (Å²) in [5.41, 5.74) is 6.48. The highest BCUT2D eigenvalue weighted by Crippen LogP contribution is 2.33. The predicted octanol–water partition coefficient (Wildman–Crippen LogP) is 4.88. The Labute approximate surface area is 160 Å². The van der Waals surface area contributed by atoms with E-state index in [0.717, 1.165) is 0 Å². The number of benzene rings is 3. The summed E-state index contributed by atoms with van der Waals surface area (Å²) < 4.78 is 5.83. The molecule has 3 aromatic rings. The molecule has 0 radical (unpaired) electrons. The zero-order chi connectivity index (χ0) is 19.2. The highest BCUT2D eigenvalue weighted by Gasteiger charge is 2.11. The molecule has 0 saturated heterocycles. The number of nitrogens with two attached hydrogens (primary N) is 1. The number of halogens is 1. The van der Waals surface area contributed by atoms with E-state index >= 15 is 0 Å². The molecule has 3 amide bonds. The average molecular weight is 382 g/mol. The molecule has 0 aliphatic rings. The van der Waals surface area contributed by atoms with E-state index in [2.05, 4.69) is 10.6 Å². The van der Waals surface area contributed by atoms with Crippen LogP contribution in [0.5, 0.6) is 11.5 Å². The standard InChI is InChI=1S/C20H16ClN3O3/c21-15-5-1-3-7-17(15)27-18-8-4-2-6-16(18)24-19(25)13-9-11-14(12-10-13)23-20(22)26/h1-12H,(H,24,25)(H3,22,23,26). The fourth-order valence-corrected chi connectivity index (χ4v) is 2.52. The van der Waals surface area contributed by atoms with Gasteiger partial charge in [0.2, 0.25) is 0 Å². The molecular weight excluding hydrogens is 366 g/mol. The van der Waals surface area contributed by atoms with Crippen LogP contribution < -0.4 is 21.1 Å². The van der Waals surface area contributed by atoms with E-state index in [4.69, 9.17) is 22.1 Å². The maximum absolute atomic E-state index is 12.5. The van der Waals surface area contributed by atoms with Crippen LogP contribution in [0.25, 0.3) is 0 Å². The van der Waals surface area contributed by atoms with Crippen LogP contribution in [0, 0.1) is 0 Å². The molecule has 0 fully saturated rings. The van der Waals surface area contributed by atoms with Crippen LogP contribution in [0.2, 0.25) is 5.02 Å². The van der Waals surface area contributed by atoms with Gasteiger partial charge < -0.3 is 21.1 Å². The van der Waals surface area contributed by atoms with Crippen LogP contribution in [0.4, 0.5) is 16.2 Å². The van der Waals surface area contributed by atoms with Crippen molar-refractivity contribution in [3.63, 3.8) is 0 Å². The molecule has 4 N–H and O–H groups in total. The largest absolute Gasteiger partial charge is 0.454 e. The number of amides is 3. The highest BCUT2D eigenvalue weighted by molar-refractivity contribution is 6.32. The number of carbonyl (C=O) groups is 2. The third kappa shape index (κ3) is 4.77. The maximum Gasteiger partial charge on any atom is 0.316 e. The topological polar surface area (TPSA) is 93.5 Å². The highest BCUT2D eigenvalue weighted by atomic mass is 35.5. The van der Waals surface area contributed by atoms with E-state index in [0.29, 0.717) is 33.5 Å². The van der Waals surface area contributed by atoms with Crippen molar-refractivity contribution >= 4 is 34.9 Å². The molecular formula is C20H16ClN3O3. The number of primary amides is 1. The molecule has 0 aliphatic carbocycles. The molecule has 0 spiro atoms. The van der Waals surface area contributed by atoms with Gasteiger partial charge in [-0.1, -0.05) is 35.9 Å². The lowest BCUT2D eigenvalue weighted by molar-refractivity contribution is 0.102. The van der Waals surface area contributed by atoms with Gasteiger partial charge in [0.1, 0.15) is 5.75 Å². The Kier molecular flexibility index (Phi) is 5.58. The fraction of sp³-hybridized carbons (Fsp3) is 0. The molecule has 7 heteroatoms. The van der Waals surface area contributed by atoms with E-state index in [1.54, 1.807) is 66.7 Å². The summed E-state index contributed by atoms with van der Waals surface area (Å²) in [6, 6.07) is 19.8. The SMILES string of the molecule is NC(=O)Nc1ccc(C(=O)Nc2ccccc2Oc2ccccc2Cl)cc1. The summed E-state index contributed by atoms with van der Waals surface area (Å²) in [5.74, 6) is 0.629. The smallest absolute Gasteiger partial charge is 0.316 e. The van der Waals surface area contributed by atoms with Crippen LogP contribution in [0.1, 0.15) is 10.4 Å². The van der Waals surface area contributed by atoms with Gasteiger partial charge in [0.05, 0.1) is 10.7 Å². The minimum atomic E-state index is -0.669. The third-order valence-electron chi connectivity index (χ3n) is 3.61. The van der Waals surface area contributed by atoms with Crippen LogP contribution >= 0.6 is 11.6 Å². The van der Waals surface area contributed by atoms with Crippen molar-refractivity contribution in [1.29, 1.82) is 0 Å². The molecule has 0 bridgehead atoms. The zero-order valence-electron chi connectivity index (χ0n) is 14.1. The summed E-state index contributed by atoms with van der Waals surface area (Å²) in [5, 5.41) is 5.71. The number of ether oxygens (including phenoxy) is 1. The molecule has 0 aliphatic heterocycles. The number of anilines is 2. The van der Waals surface area contributed by atoms with Crippen molar-refractivity contribution in [3.8, 4) is 11.5 Å². The zero-order valence-corrected chi connectivity index (χ0v) is 14.9. The van der Waals surface area contributed by atoms with E-state index in [9.17, 15) is 9.59 Å². The molecule has 0 atom stereocenters. The molecule has 136 valence electrons. The van der Waals surface area contributed by atoms with Crippen LogP contribution in [-0.4, -0.2) is 11.9 Å². The van der Waals surface area contributed by atoms with Crippen molar-refractivity contribution in [3.05, 3.63) is 83.4 Å². The molecule has 0 heterocycles. The van der Waals surface area contributed by atoms with Gasteiger partial charge in [-0.05, 0) is 48.5 Å². The predicted molar refractivity (Wildman–Crippen MR) is 106 cm³/mol. The summed E-state index contributed by atoms with van der Waals surface area (Å²) >= 11 is 6.13. The van der Waals surface area contributed by atoms with Crippen molar-refractivity contribution < 1.29 is 14.3 Å². The Bertz CT molecular complexity index is 974. The minimum absolute atomic E-state index is 0.323.